The average molecular weight is 1090 g/mol. The van der Waals surface area contributed by atoms with Gasteiger partial charge in [0.15, 0.2) is 6.10 Å². The van der Waals surface area contributed by atoms with Crippen LogP contribution in [0.1, 0.15) is 322 Å². The predicted octanol–water partition coefficient (Wildman–Crippen LogP) is 20.0. The predicted molar refractivity (Wildman–Crippen MR) is 327 cm³/mol. The van der Waals surface area contributed by atoms with E-state index in [0.717, 1.165) is 44.9 Å². The summed E-state index contributed by atoms with van der Waals surface area (Å²) >= 11 is 0. The number of hydrogen-bond donors (Lipinski definition) is 1. The maximum Gasteiger partial charge on any atom is 0.361 e. The Morgan fingerprint density at radius 1 is 0.390 bits per heavy atom. The number of carbonyl (C=O) groups is 3. The van der Waals surface area contributed by atoms with Crippen molar-refractivity contribution < 1.29 is 42.9 Å². The van der Waals surface area contributed by atoms with E-state index in [4.69, 9.17) is 18.9 Å². The van der Waals surface area contributed by atoms with Crippen LogP contribution in [-0.2, 0) is 33.3 Å². The molecule has 0 aromatic carbocycles. The van der Waals surface area contributed by atoms with Crippen molar-refractivity contribution in [3.63, 3.8) is 0 Å². The Hall–Kier alpha value is -2.49. The third kappa shape index (κ3) is 61.0. The molecule has 0 aromatic heterocycles. The Balaban J connectivity index is 4.10. The Labute approximate surface area is 477 Å². The van der Waals surface area contributed by atoms with Crippen molar-refractivity contribution in [2.45, 2.75) is 334 Å². The fourth-order valence-corrected chi connectivity index (χ4v) is 9.75. The number of unbranched alkanes of at least 4 members (excludes halogenated alkanes) is 41. The van der Waals surface area contributed by atoms with Crippen molar-refractivity contribution in [1.82, 2.24) is 0 Å². The van der Waals surface area contributed by atoms with E-state index in [1.807, 2.05) is 21.1 Å². The molecule has 0 aliphatic rings. The van der Waals surface area contributed by atoms with Crippen LogP contribution in [0.4, 0.5) is 0 Å². The van der Waals surface area contributed by atoms with Crippen molar-refractivity contribution in [3.8, 4) is 0 Å². The smallest absolute Gasteiger partial charge is 0.361 e. The first-order valence-corrected chi connectivity index (χ1v) is 33.2. The largest absolute Gasteiger partial charge is 0.477 e. The molecule has 0 rings (SSSR count). The van der Waals surface area contributed by atoms with E-state index in [2.05, 4.69) is 50.3 Å². The third-order valence-electron chi connectivity index (χ3n) is 14.9. The third-order valence-corrected chi connectivity index (χ3v) is 14.9. The molecule has 0 heterocycles. The number of aliphatic carboxylic acids is 1. The number of ether oxygens (including phenoxy) is 4. The Kier molecular flexibility index (Phi) is 57.7. The lowest BCUT2D eigenvalue weighted by Gasteiger charge is -2.25. The highest BCUT2D eigenvalue weighted by atomic mass is 16.7. The number of likely N-dealkylation sites (N-methyl/N-ethyl adjacent to an activating group) is 1. The first kappa shape index (κ1) is 74.5. The monoisotopic (exact) mass is 1090 g/mol. The molecule has 0 aliphatic carbocycles. The summed E-state index contributed by atoms with van der Waals surface area (Å²) in [5.41, 5.74) is 0. The molecule has 2 unspecified atom stereocenters. The Morgan fingerprint density at radius 2 is 0.701 bits per heavy atom. The van der Waals surface area contributed by atoms with Gasteiger partial charge >= 0.3 is 17.9 Å². The molecule has 0 radical (unpaired) electrons. The fraction of sp³-hybridized carbons (Fsp3) is 0.868. The molecule has 0 aliphatic heterocycles. The second-order valence-electron chi connectivity index (χ2n) is 23.8. The van der Waals surface area contributed by atoms with Gasteiger partial charge in [0.05, 0.1) is 34.4 Å². The minimum absolute atomic E-state index is 0.179. The standard InChI is InChI=1S/C68H127NO8/c1-6-8-10-12-14-16-18-20-22-24-26-28-29-30-31-32-33-34-35-36-37-39-41-43-45-47-49-51-53-55-57-59-66(71)77-64(63-76-68(67(72)73)74-61-60-69(3,4)5)62-75-65(70)58-56-54-52-50-48-46-44-42-40-38-27-25-23-21-19-17-15-13-11-9-7-2/h18,20,24-27,64,68H,6-17,19,21-23,28-63H2,1-5H3/p+1/b20-18-,26-24-,27-25-. The number of nitrogens with zero attached hydrogens (tertiary/aromatic N) is 1. The Bertz CT molecular complexity index is 1360. The first-order valence-electron chi connectivity index (χ1n) is 33.2. The van der Waals surface area contributed by atoms with Gasteiger partial charge in [0, 0.05) is 12.8 Å². The van der Waals surface area contributed by atoms with Crippen LogP contribution in [0.2, 0.25) is 0 Å². The van der Waals surface area contributed by atoms with E-state index in [9.17, 15) is 19.5 Å². The molecule has 9 heteroatoms. The molecule has 452 valence electrons. The van der Waals surface area contributed by atoms with Gasteiger partial charge in [-0.25, -0.2) is 4.79 Å². The van der Waals surface area contributed by atoms with Crippen LogP contribution in [0.5, 0.6) is 0 Å². The van der Waals surface area contributed by atoms with Gasteiger partial charge in [0.2, 0.25) is 0 Å². The summed E-state index contributed by atoms with van der Waals surface area (Å²) in [6, 6.07) is 0. The van der Waals surface area contributed by atoms with Gasteiger partial charge in [-0.1, -0.05) is 275 Å². The maximum atomic E-state index is 12.9. The van der Waals surface area contributed by atoms with Crippen molar-refractivity contribution in [2.75, 3.05) is 47.5 Å². The van der Waals surface area contributed by atoms with Gasteiger partial charge in [-0.15, -0.1) is 0 Å². The number of carbonyl (C=O) groups excluding carboxylic acids is 2. The van der Waals surface area contributed by atoms with Gasteiger partial charge in [0.1, 0.15) is 13.2 Å². The van der Waals surface area contributed by atoms with E-state index in [1.165, 1.54) is 250 Å². The summed E-state index contributed by atoms with van der Waals surface area (Å²) in [5, 5.41) is 9.73. The molecule has 0 spiro atoms. The van der Waals surface area contributed by atoms with Crippen LogP contribution in [0, 0.1) is 0 Å². The zero-order valence-corrected chi connectivity index (χ0v) is 51.6. The van der Waals surface area contributed by atoms with E-state index in [-0.39, 0.29) is 38.2 Å². The molecule has 0 fully saturated rings. The van der Waals surface area contributed by atoms with E-state index in [0.29, 0.717) is 17.4 Å². The van der Waals surface area contributed by atoms with Crippen molar-refractivity contribution in [3.05, 3.63) is 36.5 Å². The number of esters is 2. The van der Waals surface area contributed by atoms with Crippen LogP contribution < -0.4 is 0 Å². The number of hydrogen-bond acceptors (Lipinski definition) is 7. The highest BCUT2D eigenvalue weighted by Gasteiger charge is 2.25. The second kappa shape index (κ2) is 59.6. The topological polar surface area (TPSA) is 108 Å². The molecular weight excluding hydrogens is 959 g/mol. The number of allylic oxidation sites excluding steroid dienone is 6. The van der Waals surface area contributed by atoms with Gasteiger partial charge in [0.25, 0.3) is 6.29 Å². The molecule has 0 saturated heterocycles. The molecule has 77 heavy (non-hydrogen) atoms. The van der Waals surface area contributed by atoms with E-state index in [1.54, 1.807) is 0 Å². The van der Waals surface area contributed by atoms with Crippen LogP contribution in [0.3, 0.4) is 0 Å². The quantitative estimate of drug-likeness (QED) is 0.0211. The normalized spacial score (nSPS) is 12.9. The molecule has 0 saturated carbocycles. The number of rotatable bonds is 62. The average Bonchev–Trinajstić information content (AvgIpc) is 3.40. The summed E-state index contributed by atoms with van der Waals surface area (Å²) in [6.45, 7) is 4.92. The number of quaternary nitrogens is 1. The summed E-state index contributed by atoms with van der Waals surface area (Å²) < 4.78 is 23.0. The lowest BCUT2D eigenvalue weighted by Crippen LogP contribution is -2.40. The first-order chi connectivity index (χ1) is 37.6. The number of carboxylic acid groups (broad SMARTS) is 1. The van der Waals surface area contributed by atoms with Gasteiger partial charge in [-0.05, 0) is 70.6 Å². The zero-order chi connectivity index (χ0) is 56.2. The minimum Gasteiger partial charge on any atom is -0.477 e. The molecule has 0 amide bonds. The van der Waals surface area contributed by atoms with Crippen molar-refractivity contribution in [2.24, 2.45) is 0 Å². The SMILES string of the molecule is CCCCCCC/C=C\C/C=C\CCCCCCCCCCCCCCCCCCCCCC(=O)OC(COC(=O)CCCCCCCCCCC/C=C\CCCCCCCCCC)COC(OCC[N+](C)(C)C)C(=O)O. The number of carboxylic acids is 1. The molecule has 2 atom stereocenters. The Morgan fingerprint density at radius 3 is 1.04 bits per heavy atom. The summed E-state index contributed by atoms with van der Waals surface area (Å²) in [7, 11) is 5.98. The summed E-state index contributed by atoms with van der Waals surface area (Å²) in [6.07, 6.45) is 71.0. The van der Waals surface area contributed by atoms with Crippen LogP contribution in [-0.4, -0.2) is 87.4 Å². The maximum absolute atomic E-state index is 12.9. The highest BCUT2D eigenvalue weighted by molar-refractivity contribution is 5.71. The molecular formula is C68H128NO8+. The second-order valence-corrected chi connectivity index (χ2v) is 23.8. The van der Waals surface area contributed by atoms with Gasteiger partial charge < -0.3 is 28.5 Å². The minimum atomic E-state index is -1.51. The van der Waals surface area contributed by atoms with Crippen molar-refractivity contribution >= 4 is 17.9 Å². The molecule has 0 bridgehead atoms. The summed E-state index contributed by atoms with van der Waals surface area (Å²) in [5.74, 6) is -1.99. The lowest BCUT2D eigenvalue weighted by atomic mass is 10.0. The van der Waals surface area contributed by atoms with Gasteiger partial charge in [-0.3, -0.25) is 9.59 Å². The van der Waals surface area contributed by atoms with E-state index >= 15 is 0 Å². The highest BCUT2D eigenvalue weighted by Crippen LogP contribution is 2.18. The molecule has 9 nitrogen and oxygen atoms in total. The summed E-state index contributed by atoms with van der Waals surface area (Å²) in [4.78, 5) is 37.5. The van der Waals surface area contributed by atoms with Crippen LogP contribution in [0.15, 0.2) is 36.5 Å². The van der Waals surface area contributed by atoms with Crippen LogP contribution >= 0.6 is 0 Å². The molecule has 0 aromatic rings. The molecule has 1 N–H and O–H groups in total. The van der Waals surface area contributed by atoms with Crippen LogP contribution in [0.25, 0.3) is 0 Å². The van der Waals surface area contributed by atoms with E-state index < -0.39 is 18.4 Å². The van der Waals surface area contributed by atoms with Gasteiger partial charge in [-0.2, -0.15) is 0 Å². The van der Waals surface area contributed by atoms with Crippen molar-refractivity contribution in [1.29, 1.82) is 0 Å². The lowest BCUT2D eigenvalue weighted by molar-refractivity contribution is -0.870. The zero-order valence-electron chi connectivity index (χ0n) is 51.6. The fourth-order valence-electron chi connectivity index (χ4n) is 9.75.